The first-order chi connectivity index (χ1) is 11.7. The van der Waals surface area contributed by atoms with Crippen LogP contribution >= 0.6 is 0 Å². The minimum absolute atomic E-state index is 0.0777. The lowest BCUT2D eigenvalue weighted by Crippen LogP contribution is -1.91. The number of hydrogen-bond acceptors (Lipinski definition) is 2. The van der Waals surface area contributed by atoms with Gasteiger partial charge in [0, 0.05) is 22.1 Å². The highest BCUT2D eigenvalue weighted by Crippen LogP contribution is 2.34. The standard InChI is InChI=1S/C22H22O2/c1-3-4-5-6-10-20-19-9-7-8-11-21(19)24-22(20)18-14-12-17(13-15-18)16(2)23/h5-9,11-15H,3-4,10H2,1-2H3/b6-5+. The summed E-state index contributed by atoms with van der Waals surface area (Å²) < 4.78 is 6.12. The monoisotopic (exact) mass is 318 g/mol. The largest absolute Gasteiger partial charge is 0.456 e. The normalized spacial score (nSPS) is 11.4. The van der Waals surface area contributed by atoms with Crippen molar-refractivity contribution in [3.05, 3.63) is 71.8 Å². The first-order valence-electron chi connectivity index (χ1n) is 8.47. The Labute approximate surface area is 142 Å². The Morgan fingerprint density at radius 3 is 2.50 bits per heavy atom. The summed E-state index contributed by atoms with van der Waals surface area (Å²) in [6.07, 6.45) is 7.54. The summed E-state index contributed by atoms with van der Waals surface area (Å²) in [6.45, 7) is 3.76. The van der Waals surface area contributed by atoms with Gasteiger partial charge in [0.1, 0.15) is 11.3 Å². The molecule has 0 radical (unpaired) electrons. The number of rotatable bonds is 6. The molecule has 3 aromatic rings. The lowest BCUT2D eigenvalue weighted by atomic mass is 10.0. The zero-order valence-electron chi connectivity index (χ0n) is 14.2. The molecule has 0 aliphatic heterocycles. The second kappa shape index (κ2) is 7.31. The third-order valence-corrected chi connectivity index (χ3v) is 4.20. The fourth-order valence-corrected chi connectivity index (χ4v) is 2.88. The lowest BCUT2D eigenvalue weighted by Gasteiger charge is -2.02. The predicted octanol–water partition coefficient (Wildman–Crippen LogP) is 6.20. The van der Waals surface area contributed by atoms with Gasteiger partial charge in [0.25, 0.3) is 0 Å². The van der Waals surface area contributed by atoms with E-state index in [0.29, 0.717) is 0 Å². The average Bonchev–Trinajstić information content (AvgIpc) is 2.97. The summed E-state index contributed by atoms with van der Waals surface area (Å²) in [5.74, 6) is 0.973. The highest BCUT2D eigenvalue weighted by molar-refractivity contribution is 5.95. The number of para-hydroxylation sites is 1. The SMILES string of the molecule is CCC/C=C/Cc1c(-c2ccc(C(C)=O)cc2)oc2ccccc12. The molecule has 0 fully saturated rings. The van der Waals surface area contributed by atoms with Gasteiger partial charge >= 0.3 is 0 Å². The van der Waals surface area contributed by atoms with E-state index in [2.05, 4.69) is 25.1 Å². The third-order valence-electron chi connectivity index (χ3n) is 4.20. The third kappa shape index (κ3) is 3.33. The number of allylic oxidation sites excluding steroid dienone is 2. The van der Waals surface area contributed by atoms with Gasteiger partial charge in [-0.3, -0.25) is 4.79 Å². The summed E-state index contributed by atoms with van der Waals surface area (Å²) >= 11 is 0. The maximum atomic E-state index is 11.5. The number of carbonyl (C=O) groups excluding carboxylic acids is 1. The van der Waals surface area contributed by atoms with Crippen LogP contribution in [0.1, 0.15) is 42.6 Å². The number of benzene rings is 2. The van der Waals surface area contributed by atoms with Gasteiger partial charge in [-0.05, 0) is 25.8 Å². The number of unbranched alkanes of at least 4 members (excludes halogenated alkanes) is 1. The van der Waals surface area contributed by atoms with E-state index in [1.807, 2.05) is 42.5 Å². The van der Waals surface area contributed by atoms with Gasteiger partial charge in [0.05, 0.1) is 0 Å². The van der Waals surface area contributed by atoms with E-state index < -0.39 is 0 Å². The smallest absolute Gasteiger partial charge is 0.159 e. The molecular weight excluding hydrogens is 296 g/mol. The Bertz CT molecular complexity index is 867. The van der Waals surface area contributed by atoms with Gasteiger partial charge in [-0.25, -0.2) is 0 Å². The van der Waals surface area contributed by atoms with E-state index in [-0.39, 0.29) is 5.78 Å². The Morgan fingerprint density at radius 2 is 1.79 bits per heavy atom. The Hall–Kier alpha value is -2.61. The van der Waals surface area contributed by atoms with E-state index >= 15 is 0 Å². The molecule has 2 nitrogen and oxygen atoms in total. The summed E-state index contributed by atoms with van der Waals surface area (Å²) in [6, 6.07) is 15.8. The molecule has 2 aromatic carbocycles. The van der Waals surface area contributed by atoms with Crippen LogP contribution in [-0.2, 0) is 6.42 Å². The average molecular weight is 318 g/mol. The van der Waals surface area contributed by atoms with Crippen molar-refractivity contribution in [2.24, 2.45) is 0 Å². The van der Waals surface area contributed by atoms with Crippen LogP contribution in [0.4, 0.5) is 0 Å². The molecule has 0 bridgehead atoms. The molecule has 122 valence electrons. The summed E-state index contributed by atoms with van der Waals surface area (Å²) in [5, 5.41) is 1.16. The van der Waals surface area contributed by atoms with Crippen LogP contribution < -0.4 is 0 Å². The molecule has 2 heteroatoms. The number of fused-ring (bicyclic) bond motifs is 1. The predicted molar refractivity (Wildman–Crippen MR) is 99.4 cm³/mol. The first-order valence-corrected chi connectivity index (χ1v) is 8.47. The summed E-state index contributed by atoms with van der Waals surface area (Å²) in [4.78, 5) is 11.5. The Kier molecular flexibility index (Phi) is 4.95. The molecule has 0 aliphatic rings. The van der Waals surface area contributed by atoms with Crippen molar-refractivity contribution in [1.29, 1.82) is 0 Å². The zero-order chi connectivity index (χ0) is 16.9. The van der Waals surface area contributed by atoms with Crippen molar-refractivity contribution in [2.75, 3.05) is 0 Å². The number of ketones is 1. The van der Waals surface area contributed by atoms with Crippen molar-refractivity contribution in [3.63, 3.8) is 0 Å². The summed E-state index contributed by atoms with van der Waals surface area (Å²) in [5.41, 5.74) is 3.84. The molecule has 0 N–H and O–H groups in total. The Balaban J connectivity index is 2.04. The van der Waals surface area contributed by atoms with Crippen LogP contribution in [0, 0.1) is 0 Å². The van der Waals surface area contributed by atoms with E-state index in [9.17, 15) is 4.79 Å². The minimum atomic E-state index is 0.0777. The van der Waals surface area contributed by atoms with Crippen molar-refractivity contribution in [3.8, 4) is 11.3 Å². The molecule has 0 saturated carbocycles. The highest BCUT2D eigenvalue weighted by Gasteiger charge is 2.14. The molecule has 1 heterocycles. The van der Waals surface area contributed by atoms with Gasteiger partial charge in [0.15, 0.2) is 5.78 Å². The van der Waals surface area contributed by atoms with Crippen LogP contribution in [0.5, 0.6) is 0 Å². The van der Waals surface area contributed by atoms with Crippen molar-refractivity contribution in [1.82, 2.24) is 0 Å². The van der Waals surface area contributed by atoms with E-state index in [0.717, 1.165) is 47.1 Å². The molecule has 3 rings (SSSR count). The fourth-order valence-electron chi connectivity index (χ4n) is 2.88. The maximum absolute atomic E-state index is 11.5. The first kappa shape index (κ1) is 16.3. The number of carbonyl (C=O) groups is 1. The molecule has 0 unspecified atom stereocenters. The molecule has 0 spiro atoms. The van der Waals surface area contributed by atoms with Gasteiger partial charge in [-0.1, -0.05) is 68.0 Å². The minimum Gasteiger partial charge on any atom is -0.456 e. The Morgan fingerprint density at radius 1 is 1.04 bits per heavy atom. The second-order valence-corrected chi connectivity index (χ2v) is 6.00. The van der Waals surface area contributed by atoms with E-state index in [1.165, 1.54) is 5.56 Å². The molecule has 0 atom stereocenters. The molecular formula is C22H22O2. The molecule has 0 saturated heterocycles. The maximum Gasteiger partial charge on any atom is 0.159 e. The van der Waals surface area contributed by atoms with Crippen LogP contribution in [-0.4, -0.2) is 5.78 Å². The van der Waals surface area contributed by atoms with Crippen LogP contribution in [0.25, 0.3) is 22.3 Å². The zero-order valence-corrected chi connectivity index (χ0v) is 14.2. The molecule has 1 aromatic heterocycles. The topological polar surface area (TPSA) is 30.2 Å². The highest BCUT2D eigenvalue weighted by atomic mass is 16.3. The van der Waals surface area contributed by atoms with Crippen molar-refractivity contribution in [2.45, 2.75) is 33.1 Å². The number of Topliss-reactive ketones (excluding diaryl/α,β-unsaturated/α-hetero) is 1. The van der Waals surface area contributed by atoms with Crippen LogP contribution in [0.2, 0.25) is 0 Å². The van der Waals surface area contributed by atoms with Crippen molar-refractivity contribution >= 4 is 16.8 Å². The fraction of sp³-hybridized carbons (Fsp3) is 0.227. The van der Waals surface area contributed by atoms with Gasteiger partial charge in [-0.2, -0.15) is 0 Å². The quantitative estimate of drug-likeness (QED) is 0.400. The number of hydrogen-bond donors (Lipinski definition) is 0. The van der Waals surface area contributed by atoms with Crippen LogP contribution in [0.3, 0.4) is 0 Å². The number of furan rings is 1. The van der Waals surface area contributed by atoms with Crippen molar-refractivity contribution < 1.29 is 9.21 Å². The van der Waals surface area contributed by atoms with E-state index in [1.54, 1.807) is 6.92 Å². The lowest BCUT2D eigenvalue weighted by molar-refractivity contribution is 0.101. The van der Waals surface area contributed by atoms with Gasteiger partial charge in [-0.15, -0.1) is 0 Å². The van der Waals surface area contributed by atoms with Crippen LogP contribution in [0.15, 0.2) is 65.1 Å². The summed E-state index contributed by atoms with van der Waals surface area (Å²) in [7, 11) is 0. The molecule has 24 heavy (non-hydrogen) atoms. The second-order valence-electron chi connectivity index (χ2n) is 6.00. The van der Waals surface area contributed by atoms with Gasteiger partial charge < -0.3 is 4.42 Å². The van der Waals surface area contributed by atoms with Gasteiger partial charge in [0.2, 0.25) is 0 Å². The molecule has 0 aliphatic carbocycles. The molecule has 0 amide bonds. The van der Waals surface area contributed by atoms with E-state index in [4.69, 9.17) is 4.42 Å².